The molecule has 0 fully saturated rings. The lowest BCUT2D eigenvalue weighted by Gasteiger charge is -1.87. The van der Waals surface area contributed by atoms with Crippen LogP contribution in [0.4, 0.5) is 0 Å². The Balaban J connectivity index is 2.75. The standard InChI is InChI=1S/C4H11OS/c1-4-6(3)5-2/h4H2,1-3H3/q+1. The summed E-state index contributed by atoms with van der Waals surface area (Å²) in [4.78, 5) is 0. The van der Waals surface area contributed by atoms with Crippen LogP contribution in [-0.4, -0.2) is 19.1 Å². The summed E-state index contributed by atoms with van der Waals surface area (Å²) in [6.45, 7) is 2.12. The molecule has 0 saturated carbocycles. The maximum Gasteiger partial charge on any atom is 0.143 e. The Bertz CT molecular complexity index is 26.7. The molecule has 0 amide bonds. The van der Waals surface area contributed by atoms with E-state index in [2.05, 4.69) is 13.2 Å². The fourth-order valence-electron chi connectivity index (χ4n) is 0.118. The van der Waals surface area contributed by atoms with E-state index < -0.39 is 0 Å². The smallest absolute Gasteiger partial charge is 0.143 e. The van der Waals surface area contributed by atoms with Gasteiger partial charge in [0.15, 0.2) is 0 Å². The topological polar surface area (TPSA) is 9.23 Å². The molecule has 0 saturated heterocycles. The first-order valence-electron chi connectivity index (χ1n) is 1.98. The molecule has 1 nitrogen and oxygen atoms in total. The average molecular weight is 107 g/mol. The van der Waals surface area contributed by atoms with Crippen molar-refractivity contribution in [2.24, 2.45) is 0 Å². The predicted octanol–water partition coefficient (Wildman–Crippen LogP) is 0.816. The second kappa shape index (κ2) is 3.50. The molecule has 0 bridgehead atoms. The molecule has 0 radical (unpaired) electrons. The highest BCUT2D eigenvalue weighted by atomic mass is 32.2. The van der Waals surface area contributed by atoms with E-state index in [9.17, 15) is 0 Å². The first-order valence-corrected chi connectivity index (χ1v) is 3.71. The van der Waals surface area contributed by atoms with Crippen molar-refractivity contribution in [3.05, 3.63) is 0 Å². The van der Waals surface area contributed by atoms with Crippen molar-refractivity contribution in [3.63, 3.8) is 0 Å². The van der Waals surface area contributed by atoms with Crippen molar-refractivity contribution < 1.29 is 4.18 Å². The molecule has 1 atom stereocenters. The summed E-state index contributed by atoms with van der Waals surface area (Å²) in [7, 11) is 1.74. The van der Waals surface area contributed by atoms with E-state index in [4.69, 9.17) is 4.18 Å². The summed E-state index contributed by atoms with van der Waals surface area (Å²) >= 11 is 0.216. The van der Waals surface area contributed by atoms with E-state index in [-0.39, 0.29) is 11.2 Å². The van der Waals surface area contributed by atoms with Gasteiger partial charge < -0.3 is 0 Å². The van der Waals surface area contributed by atoms with Crippen LogP contribution < -0.4 is 0 Å². The van der Waals surface area contributed by atoms with Crippen LogP contribution in [-0.2, 0) is 15.4 Å². The molecular weight excluding hydrogens is 96.1 g/mol. The third kappa shape index (κ3) is 2.54. The van der Waals surface area contributed by atoms with Crippen LogP contribution in [0, 0.1) is 0 Å². The van der Waals surface area contributed by atoms with Gasteiger partial charge in [-0.15, -0.1) is 0 Å². The van der Waals surface area contributed by atoms with Gasteiger partial charge in [-0.2, -0.15) is 4.18 Å². The van der Waals surface area contributed by atoms with Gasteiger partial charge in [-0.3, -0.25) is 0 Å². The van der Waals surface area contributed by atoms with Crippen molar-refractivity contribution in [3.8, 4) is 0 Å². The van der Waals surface area contributed by atoms with Crippen molar-refractivity contribution >= 4 is 11.2 Å². The molecule has 0 spiro atoms. The Hall–Kier alpha value is 0.310. The highest BCUT2D eigenvalue weighted by Crippen LogP contribution is 1.86. The molecule has 0 heterocycles. The van der Waals surface area contributed by atoms with Gasteiger partial charge in [-0.25, -0.2) is 0 Å². The molecule has 0 aliphatic heterocycles. The maximum atomic E-state index is 4.93. The van der Waals surface area contributed by atoms with Crippen molar-refractivity contribution in [2.75, 3.05) is 19.1 Å². The number of rotatable bonds is 2. The zero-order chi connectivity index (χ0) is 4.99. The van der Waals surface area contributed by atoms with Crippen LogP contribution in [0.15, 0.2) is 0 Å². The molecule has 38 valence electrons. The SMILES string of the molecule is CC[S+](C)OC. The maximum absolute atomic E-state index is 4.93. The van der Waals surface area contributed by atoms with E-state index in [1.54, 1.807) is 7.11 Å². The third-order valence-corrected chi connectivity index (χ3v) is 2.07. The van der Waals surface area contributed by atoms with Gasteiger partial charge in [-0.05, 0) is 6.92 Å². The minimum absolute atomic E-state index is 0.216. The van der Waals surface area contributed by atoms with E-state index in [1.807, 2.05) is 0 Å². The zero-order valence-corrected chi connectivity index (χ0v) is 5.34. The second-order valence-corrected chi connectivity index (χ2v) is 3.09. The fourth-order valence-corrected chi connectivity index (χ4v) is 0.354. The third-order valence-electron chi connectivity index (χ3n) is 0.691. The molecule has 2 heteroatoms. The molecule has 0 rings (SSSR count). The Morgan fingerprint density at radius 2 is 2.17 bits per heavy atom. The quantitative estimate of drug-likeness (QED) is 0.475. The minimum Gasteiger partial charge on any atom is -0.178 e. The van der Waals surface area contributed by atoms with Gasteiger partial charge in [-0.1, -0.05) is 0 Å². The van der Waals surface area contributed by atoms with Crippen molar-refractivity contribution in [1.29, 1.82) is 0 Å². The monoisotopic (exact) mass is 107 g/mol. The Morgan fingerprint density at radius 3 is 2.17 bits per heavy atom. The molecule has 0 aromatic rings. The normalized spacial score (nSPS) is 14.5. The molecule has 0 aromatic carbocycles. The summed E-state index contributed by atoms with van der Waals surface area (Å²) in [6, 6.07) is 0. The minimum atomic E-state index is 0.216. The van der Waals surface area contributed by atoms with Gasteiger partial charge >= 0.3 is 0 Å². The van der Waals surface area contributed by atoms with E-state index in [1.165, 1.54) is 0 Å². The molecule has 0 N–H and O–H groups in total. The fraction of sp³-hybridized carbons (Fsp3) is 1.00. The molecule has 1 unspecified atom stereocenters. The van der Waals surface area contributed by atoms with Crippen molar-refractivity contribution in [1.82, 2.24) is 0 Å². The van der Waals surface area contributed by atoms with Gasteiger partial charge in [0, 0.05) is 0 Å². The van der Waals surface area contributed by atoms with Crippen LogP contribution in [0.2, 0.25) is 0 Å². The first-order chi connectivity index (χ1) is 2.81. The van der Waals surface area contributed by atoms with Crippen molar-refractivity contribution in [2.45, 2.75) is 6.92 Å². The van der Waals surface area contributed by atoms with Crippen LogP contribution in [0.1, 0.15) is 6.92 Å². The van der Waals surface area contributed by atoms with Crippen LogP contribution in [0.5, 0.6) is 0 Å². The summed E-state index contributed by atoms with van der Waals surface area (Å²) in [5.74, 6) is 1.14. The van der Waals surface area contributed by atoms with Crippen LogP contribution >= 0.6 is 0 Å². The number of hydrogen-bond donors (Lipinski definition) is 0. The zero-order valence-electron chi connectivity index (χ0n) is 4.52. The summed E-state index contributed by atoms with van der Waals surface area (Å²) in [5.41, 5.74) is 0. The summed E-state index contributed by atoms with van der Waals surface area (Å²) < 4.78 is 4.93. The van der Waals surface area contributed by atoms with E-state index >= 15 is 0 Å². The summed E-state index contributed by atoms with van der Waals surface area (Å²) in [5, 5.41) is 0. The largest absolute Gasteiger partial charge is 0.178 e. The van der Waals surface area contributed by atoms with Crippen LogP contribution in [0.3, 0.4) is 0 Å². The summed E-state index contributed by atoms with van der Waals surface area (Å²) in [6.07, 6.45) is 2.08. The molecule has 0 aromatic heterocycles. The van der Waals surface area contributed by atoms with E-state index in [0.29, 0.717) is 0 Å². The van der Waals surface area contributed by atoms with Gasteiger partial charge in [0.25, 0.3) is 0 Å². The molecular formula is C4H11OS+. The van der Waals surface area contributed by atoms with Gasteiger partial charge in [0.05, 0.1) is 7.11 Å². The molecule has 0 aliphatic carbocycles. The Labute approximate surface area is 42.2 Å². The highest BCUT2D eigenvalue weighted by molar-refractivity contribution is 7.91. The highest BCUT2D eigenvalue weighted by Gasteiger charge is 2.01. The van der Waals surface area contributed by atoms with Gasteiger partial charge in [0.2, 0.25) is 0 Å². The predicted molar refractivity (Wildman–Crippen MR) is 30.8 cm³/mol. The number of hydrogen-bond acceptors (Lipinski definition) is 1. The Morgan fingerprint density at radius 1 is 1.67 bits per heavy atom. The molecule has 0 aliphatic rings. The van der Waals surface area contributed by atoms with Gasteiger partial charge in [0.1, 0.15) is 23.2 Å². The average Bonchev–Trinajstić information content (AvgIpc) is 1.65. The van der Waals surface area contributed by atoms with E-state index in [0.717, 1.165) is 5.75 Å². The molecule has 6 heavy (non-hydrogen) atoms. The van der Waals surface area contributed by atoms with Crippen LogP contribution in [0.25, 0.3) is 0 Å². The lowest BCUT2D eigenvalue weighted by Crippen LogP contribution is -2.01. The lowest BCUT2D eigenvalue weighted by molar-refractivity contribution is 0.476. The second-order valence-electron chi connectivity index (χ2n) is 1.03. The Kier molecular flexibility index (Phi) is 3.68. The first kappa shape index (κ1) is 6.31. The lowest BCUT2D eigenvalue weighted by atomic mass is 11.0.